The van der Waals surface area contributed by atoms with Crippen molar-refractivity contribution in [1.29, 1.82) is 0 Å². The number of benzene rings is 1. The Bertz CT molecular complexity index is 929. The van der Waals surface area contributed by atoms with Gasteiger partial charge in [-0.3, -0.25) is 24.9 Å². The highest BCUT2D eigenvalue weighted by molar-refractivity contribution is 6.04. The number of nitrogens with one attached hydrogen (secondary N) is 1. The quantitative estimate of drug-likeness (QED) is 0.572. The molecule has 0 spiro atoms. The zero-order valence-corrected chi connectivity index (χ0v) is 12.8. The molecule has 0 aliphatic heterocycles. The summed E-state index contributed by atoms with van der Waals surface area (Å²) in [5.74, 6) is -0.422. The molecule has 1 N–H and O–H groups in total. The van der Waals surface area contributed by atoms with E-state index in [1.165, 1.54) is 25.1 Å². The first kappa shape index (κ1) is 15.3. The summed E-state index contributed by atoms with van der Waals surface area (Å²) in [4.78, 5) is 22.7. The van der Waals surface area contributed by atoms with Gasteiger partial charge in [-0.2, -0.15) is 5.10 Å². The average molecular weight is 328 g/mol. The SMILES string of the molecule is Cc1c(C(=O)Nc2nnc(-c3ccn(C)n3)o2)cccc1[N+](=O)[O-]. The third-order valence-electron chi connectivity index (χ3n) is 3.32. The first-order valence-corrected chi connectivity index (χ1v) is 6.84. The summed E-state index contributed by atoms with van der Waals surface area (Å²) in [5, 5.41) is 25.0. The lowest BCUT2D eigenvalue weighted by Gasteiger charge is -2.04. The Balaban J connectivity index is 1.82. The number of hydrogen-bond donors (Lipinski definition) is 1. The molecule has 2 aromatic heterocycles. The Morgan fingerprint density at radius 1 is 1.33 bits per heavy atom. The van der Waals surface area contributed by atoms with Crippen LogP contribution >= 0.6 is 0 Å². The molecule has 3 rings (SSSR count). The van der Waals surface area contributed by atoms with E-state index in [0.717, 1.165) is 0 Å². The molecule has 1 aromatic carbocycles. The topological polar surface area (TPSA) is 129 Å². The Hall–Kier alpha value is -3.56. The summed E-state index contributed by atoms with van der Waals surface area (Å²) in [6, 6.07) is 5.81. The second-order valence-corrected chi connectivity index (χ2v) is 4.95. The van der Waals surface area contributed by atoms with Crippen molar-refractivity contribution in [2.75, 3.05) is 5.32 Å². The highest BCUT2D eigenvalue weighted by Crippen LogP contribution is 2.22. The Morgan fingerprint density at radius 2 is 2.12 bits per heavy atom. The van der Waals surface area contributed by atoms with Crippen LogP contribution in [-0.2, 0) is 7.05 Å². The van der Waals surface area contributed by atoms with E-state index in [1.54, 1.807) is 24.0 Å². The van der Waals surface area contributed by atoms with Gasteiger partial charge in [0.05, 0.1) is 4.92 Å². The molecule has 3 aromatic rings. The third kappa shape index (κ3) is 2.84. The van der Waals surface area contributed by atoms with Crippen LogP contribution in [0.4, 0.5) is 11.7 Å². The molecular formula is C14H12N6O4. The lowest BCUT2D eigenvalue weighted by atomic mass is 10.1. The summed E-state index contributed by atoms with van der Waals surface area (Å²) in [7, 11) is 1.74. The third-order valence-corrected chi connectivity index (χ3v) is 3.32. The summed E-state index contributed by atoms with van der Waals surface area (Å²) >= 11 is 0. The molecule has 0 aliphatic rings. The molecule has 1 amide bonds. The van der Waals surface area contributed by atoms with E-state index in [9.17, 15) is 14.9 Å². The number of anilines is 1. The van der Waals surface area contributed by atoms with Crippen molar-refractivity contribution in [3.63, 3.8) is 0 Å². The Kier molecular flexibility index (Phi) is 3.78. The summed E-state index contributed by atoms with van der Waals surface area (Å²) in [5.41, 5.74) is 0.741. The molecule has 10 nitrogen and oxygen atoms in total. The van der Waals surface area contributed by atoms with E-state index in [0.29, 0.717) is 5.69 Å². The number of aryl methyl sites for hydroxylation is 1. The molecule has 2 heterocycles. The fourth-order valence-electron chi connectivity index (χ4n) is 2.14. The minimum absolute atomic E-state index is 0.119. The molecule has 0 unspecified atom stereocenters. The maximum Gasteiger partial charge on any atom is 0.322 e. The molecular weight excluding hydrogens is 316 g/mol. The number of nitro groups is 1. The molecule has 0 fully saturated rings. The van der Waals surface area contributed by atoms with E-state index >= 15 is 0 Å². The zero-order valence-electron chi connectivity index (χ0n) is 12.8. The maximum atomic E-state index is 12.3. The first-order valence-electron chi connectivity index (χ1n) is 6.84. The van der Waals surface area contributed by atoms with Crippen LogP contribution in [0.1, 0.15) is 15.9 Å². The molecule has 0 saturated carbocycles. The van der Waals surface area contributed by atoms with Gasteiger partial charge in [0.25, 0.3) is 17.5 Å². The standard InChI is InChI=1S/C14H12N6O4/c1-8-9(4-3-5-11(8)20(22)23)12(21)15-14-17-16-13(24-14)10-6-7-19(2)18-10/h3-7H,1-2H3,(H,15,17,21). The van der Waals surface area contributed by atoms with Gasteiger partial charge in [-0.05, 0) is 19.1 Å². The van der Waals surface area contributed by atoms with Gasteiger partial charge in [-0.1, -0.05) is 11.2 Å². The molecule has 0 atom stereocenters. The van der Waals surface area contributed by atoms with Crippen LogP contribution in [0.2, 0.25) is 0 Å². The van der Waals surface area contributed by atoms with Gasteiger partial charge in [-0.25, -0.2) is 0 Å². The van der Waals surface area contributed by atoms with Gasteiger partial charge in [0.2, 0.25) is 0 Å². The molecule has 10 heteroatoms. The summed E-state index contributed by atoms with van der Waals surface area (Å²) < 4.78 is 6.90. The maximum absolute atomic E-state index is 12.3. The lowest BCUT2D eigenvalue weighted by Crippen LogP contribution is -2.14. The number of rotatable bonds is 4. The van der Waals surface area contributed by atoms with Gasteiger partial charge in [-0.15, -0.1) is 5.10 Å². The number of aromatic nitrogens is 4. The van der Waals surface area contributed by atoms with E-state index in [2.05, 4.69) is 20.6 Å². The van der Waals surface area contributed by atoms with Crippen molar-refractivity contribution in [3.8, 4) is 11.6 Å². The number of hydrogen-bond acceptors (Lipinski definition) is 7. The van der Waals surface area contributed by atoms with Crippen molar-refractivity contribution >= 4 is 17.6 Å². The van der Waals surface area contributed by atoms with Crippen LogP contribution in [-0.4, -0.2) is 30.8 Å². The van der Waals surface area contributed by atoms with E-state index in [4.69, 9.17) is 4.42 Å². The monoisotopic (exact) mass is 328 g/mol. The van der Waals surface area contributed by atoms with Crippen LogP contribution in [0.25, 0.3) is 11.6 Å². The highest BCUT2D eigenvalue weighted by atomic mass is 16.6. The lowest BCUT2D eigenvalue weighted by molar-refractivity contribution is -0.385. The van der Waals surface area contributed by atoms with Crippen molar-refractivity contribution in [1.82, 2.24) is 20.0 Å². The Morgan fingerprint density at radius 3 is 2.79 bits per heavy atom. The second kappa shape index (κ2) is 5.91. The van der Waals surface area contributed by atoms with Crippen molar-refractivity contribution in [2.45, 2.75) is 6.92 Å². The van der Waals surface area contributed by atoms with Crippen LogP contribution in [0, 0.1) is 17.0 Å². The number of carbonyl (C=O) groups is 1. The molecule has 0 saturated heterocycles. The van der Waals surface area contributed by atoms with Crippen LogP contribution in [0.3, 0.4) is 0 Å². The average Bonchev–Trinajstić information content (AvgIpc) is 3.16. The van der Waals surface area contributed by atoms with Gasteiger partial charge < -0.3 is 4.42 Å². The first-order chi connectivity index (χ1) is 11.5. The molecule has 0 aliphatic carbocycles. The van der Waals surface area contributed by atoms with Gasteiger partial charge in [0.1, 0.15) is 5.69 Å². The summed E-state index contributed by atoms with van der Waals surface area (Å²) in [6.07, 6.45) is 1.71. The van der Waals surface area contributed by atoms with Crippen LogP contribution in [0.5, 0.6) is 0 Å². The van der Waals surface area contributed by atoms with Gasteiger partial charge >= 0.3 is 6.01 Å². The predicted molar refractivity (Wildman–Crippen MR) is 82.3 cm³/mol. The largest absolute Gasteiger partial charge is 0.401 e. The minimum Gasteiger partial charge on any atom is -0.401 e. The number of nitro benzene ring substituents is 1. The summed E-state index contributed by atoms with van der Waals surface area (Å²) in [6.45, 7) is 1.50. The minimum atomic E-state index is -0.576. The van der Waals surface area contributed by atoms with Crippen molar-refractivity contribution < 1.29 is 14.1 Å². The normalized spacial score (nSPS) is 10.6. The number of nitrogens with zero attached hydrogens (tertiary/aromatic N) is 5. The van der Waals surface area contributed by atoms with Crippen molar-refractivity contribution in [2.24, 2.45) is 7.05 Å². The highest BCUT2D eigenvalue weighted by Gasteiger charge is 2.20. The fraction of sp³-hybridized carbons (Fsp3) is 0.143. The molecule has 24 heavy (non-hydrogen) atoms. The number of carbonyl (C=O) groups excluding carboxylic acids is 1. The van der Waals surface area contributed by atoms with E-state index < -0.39 is 10.8 Å². The van der Waals surface area contributed by atoms with E-state index in [1.807, 2.05) is 0 Å². The smallest absolute Gasteiger partial charge is 0.322 e. The van der Waals surface area contributed by atoms with Crippen LogP contribution in [0.15, 0.2) is 34.9 Å². The van der Waals surface area contributed by atoms with Gasteiger partial charge in [0, 0.05) is 30.4 Å². The van der Waals surface area contributed by atoms with Crippen molar-refractivity contribution in [3.05, 3.63) is 51.7 Å². The number of amides is 1. The Labute approximate surface area is 135 Å². The molecule has 0 bridgehead atoms. The molecule has 122 valence electrons. The zero-order chi connectivity index (χ0) is 17.3. The fourth-order valence-corrected chi connectivity index (χ4v) is 2.14. The second-order valence-electron chi connectivity index (χ2n) is 4.95. The van der Waals surface area contributed by atoms with E-state index in [-0.39, 0.29) is 28.7 Å². The molecule has 0 radical (unpaired) electrons. The predicted octanol–water partition coefficient (Wildman–Crippen LogP) is 1.94. The van der Waals surface area contributed by atoms with Crippen LogP contribution < -0.4 is 5.32 Å². The van der Waals surface area contributed by atoms with Gasteiger partial charge in [0.15, 0.2) is 0 Å².